The lowest BCUT2D eigenvalue weighted by molar-refractivity contribution is -0.183. The van der Waals surface area contributed by atoms with E-state index in [0.29, 0.717) is 6.61 Å². The normalized spacial score (nSPS) is 38.4. The summed E-state index contributed by atoms with van der Waals surface area (Å²) in [4.78, 5) is 0. The zero-order valence-electron chi connectivity index (χ0n) is 13.4. The van der Waals surface area contributed by atoms with Gasteiger partial charge in [0.1, 0.15) is 29.9 Å². The lowest BCUT2D eigenvalue weighted by Gasteiger charge is -2.41. The third-order valence-corrected chi connectivity index (χ3v) is 4.79. The van der Waals surface area contributed by atoms with Crippen molar-refractivity contribution in [2.45, 2.75) is 76.2 Å². The monoisotopic (exact) mass is 320 g/mol. The molecular weight excluding hydrogens is 292 g/mol. The van der Waals surface area contributed by atoms with Crippen LogP contribution in [0.5, 0.6) is 0 Å². The van der Waals surface area contributed by atoms with Gasteiger partial charge in [-0.2, -0.15) is 0 Å². The van der Waals surface area contributed by atoms with Crippen LogP contribution in [-0.4, -0.2) is 59.7 Å². The second kappa shape index (κ2) is 7.62. The van der Waals surface area contributed by atoms with Crippen LogP contribution in [0.4, 0.5) is 0 Å². The van der Waals surface area contributed by atoms with Gasteiger partial charge >= 0.3 is 0 Å². The predicted molar refractivity (Wildman–Crippen MR) is 82.4 cm³/mol. The highest BCUT2D eigenvalue weighted by Gasteiger charge is 2.55. The van der Waals surface area contributed by atoms with E-state index in [1.165, 1.54) is 0 Å². The van der Waals surface area contributed by atoms with Crippen LogP contribution in [0.15, 0.2) is 0 Å². The van der Waals surface area contributed by atoms with E-state index in [9.17, 15) is 5.11 Å². The van der Waals surface area contributed by atoms with Gasteiger partial charge in [-0.3, -0.25) is 0 Å². The van der Waals surface area contributed by atoms with E-state index in [1.54, 1.807) is 11.8 Å². The molecule has 1 N–H and O–H groups in total. The van der Waals surface area contributed by atoms with E-state index < -0.39 is 5.79 Å². The highest BCUT2D eigenvalue weighted by Crippen LogP contribution is 2.41. The van der Waals surface area contributed by atoms with Crippen LogP contribution in [0.25, 0.3) is 0 Å². The van der Waals surface area contributed by atoms with Crippen molar-refractivity contribution in [2.24, 2.45) is 0 Å². The molecule has 2 aliphatic rings. The fourth-order valence-corrected chi connectivity index (χ4v) is 3.80. The maximum Gasteiger partial charge on any atom is 0.164 e. The van der Waals surface area contributed by atoms with Gasteiger partial charge < -0.3 is 24.1 Å². The third-order valence-electron chi connectivity index (χ3n) is 3.75. The van der Waals surface area contributed by atoms with Crippen LogP contribution in [0.3, 0.4) is 0 Å². The van der Waals surface area contributed by atoms with Crippen molar-refractivity contribution in [3.05, 3.63) is 0 Å². The molecule has 6 heteroatoms. The summed E-state index contributed by atoms with van der Waals surface area (Å²) < 4.78 is 24.0. The number of thioether (sulfide) groups is 1. The molecule has 0 aromatic rings. The number of ether oxygens (including phenoxy) is 4. The summed E-state index contributed by atoms with van der Waals surface area (Å²) in [6.45, 7) is 8.65. The Balaban J connectivity index is 2.12. The summed E-state index contributed by atoms with van der Waals surface area (Å²) in [5.74, 6) is 0.266. The van der Waals surface area contributed by atoms with Gasteiger partial charge in [-0.1, -0.05) is 20.3 Å². The smallest absolute Gasteiger partial charge is 0.164 e. The van der Waals surface area contributed by atoms with Crippen LogP contribution in [0.1, 0.15) is 40.5 Å². The number of rotatable bonds is 7. The number of aliphatic hydroxyl groups excluding tert-OH is 1. The van der Waals surface area contributed by atoms with Crippen LogP contribution < -0.4 is 0 Å². The summed E-state index contributed by atoms with van der Waals surface area (Å²) in [5.41, 5.74) is -0.122. The maximum absolute atomic E-state index is 9.58. The van der Waals surface area contributed by atoms with Crippen molar-refractivity contribution >= 4 is 11.8 Å². The predicted octanol–water partition coefficient (Wildman–Crippen LogP) is 2.16. The topological polar surface area (TPSA) is 57.2 Å². The number of unbranched alkanes of at least 4 members (excludes halogenated alkanes) is 1. The second-order valence-electron chi connectivity index (χ2n) is 5.93. The van der Waals surface area contributed by atoms with Crippen molar-refractivity contribution in [2.75, 3.05) is 19.0 Å². The zero-order valence-corrected chi connectivity index (χ0v) is 14.2. The fraction of sp³-hybridized carbons (Fsp3) is 1.00. The minimum atomic E-state index is -0.662. The minimum absolute atomic E-state index is 0.0664. The molecule has 124 valence electrons. The highest BCUT2D eigenvalue weighted by molar-refractivity contribution is 7.99. The van der Waals surface area contributed by atoms with E-state index in [-0.39, 0.29) is 36.5 Å². The first-order chi connectivity index (χ1) is 10.0. The molecular formula is C15H28O5S. The average Bonchev–Trinajstić information content (AvgIpc) is 2.76. The molecule has 0 bridgehead atoms. The van der Waals surface area contributed by atoms with Gasteiger partial charge in [-0.05, 0) is 26.0 Å². The summed E-state index contributed by atoms with van der Waals surface area (Å²) in [5, 5.41) is 9.58. The first kappa shape index (κ1) is 17.5. The van der Waals surface area contributed by atoms with Crippen LogP contribution in [0.2, 0.25) is 0 Å². The van der Waals surface area contributed by atoms with Gasteiger partial charge in [0.25, 0.3) is 0 Å². The third kappa shape index (κ3) is 4.12. The molecule has 0 radical (unpaired) electrons. The van der Waals surface area contributed by atoms with E-state index >= 15 is 0 Å². The Hall–Kier alpha value is 0.150. The van der Waals surface area contributed by atoms with Gasteiger partial charge in [0.05, 0.1) is 6.61 Å². The van der Waals surface area contributed by atoms with E-state index in [1.807, 2.05) is 13.8 Å². The van der Waals surface area contributed by atoms with Crippen LogP contribution in [0, 0.1) is 0 Å². The maximum atomic E-state index is 9.58. The van der Waals surface area contributed by atoms with Crippen molar-refractivity contribution in [1.29, 1.82) is 0 Å². The molecule has 0 saturated carbocycles. The Labute approximate surface area is 131 Å². The summed E-state index contributed by atoms with van der Waals surface area (Å²) in [6.07, 6.45) is 1.14. The Morgan fingerprint density at radius 2 is 1.90 bits per heavy atom. The Kier molecular flexibility index (Phi) is 6.35. The van der Waals surface area contributed by atoms with E-state index in [2.05, 4.69) is 13.8 Å². The SMILES string of the molecule is CCCCO[C@H]1C2OC(C)(C)O[C@H]2C(CO)O[C@H]1SCC. The molecule has 2 aliphatic heterocycles. The van der Waals surface area contributed by atoms with Crippen molar-refractivity contribution < 1.29 is 24.1 Å². The number of hydrogen-bond acceptors (Lipinski definition) is 6. The molecule has 2 saturated heterocycles. The molecule has 2 rings (SSSR count). The molecule has 5 atom stereocenters. The molecule has 2 fully saturated rings. The van der Waals surface area contributed by atoms with Gasteiger partial charge in [0.15, 0.2) is 5.79 Å². The van der Waals surface area contributed by atoms with Gasteiger partial charge in [0.2, 0.25) is 0 Å². The largest absolute Gasteiger partial charge is 0.394 e. The molecule has 0 aromatic heterocycles. The molecule has 5 nitrogen and oxygen atoms in total. The molecule has 0 aromatic carbocycles. The molecule has 21 heavy (non-hydrogen) atoms. The molecule has 2 heterocycles. The van der Waals surface area contributed by atoms with Gasteiger partial charge in [-0.15, -0.1) is 11.8 Å². The molecule has 0 amide bonds. The number of hydrogen-bond donors (Lipinski definition) is 1. The summed E-state index contributed by atoms with van der Waals surface area (Å²) >= 11 is 1.69. The summed E-state index contributed by atoms with van der Waals surface area (Å²) in [6, 6.07) is 0. The average molecular weight is 320 g/mol. The minimum Gasteiger partial charge on any atom is -0.394 e. The number of aliphatic hydroxyl groups is 1. The lowest BCUT2D eigenvalue weighted by Crippen LogP contribution is -2.57. The van der Waals surface area contributed by atoms with Crippen molar-refractivity contribution in [3.63, 3.8) is 0 Å². The van der Waals surface area contributed by atoms with Gasteiger partial charge in [0, 0.05) is 6.61 Å². The molecule has 2 unspecified atom stereocenters. The van der Waals surface area contributed by atoms with Gasteiger partial charge in [-0.25, -0.2) is 0 Å². The van der Waals surface area contributed by atoms with Crippen LogP contribution in [-0.2, 0) is 18.9 Å². The number of fused-ring (bicyclic) bond motifs is 1. The molecule has 0 aliphatic carbocycles. The Bertz CT molecular complexity index is 325. The lowest BCUT2D eigenvalue weighted by atomic mass is 10.0. The second-order valence-corrected chi connectivity index (χ2v) is 7.31. The van der Waals surface area contributed by atoms with Crippen molar-refractivity contribution in [1.82, 2.24) is 0 Å². The first-order valence-electron chi connectivity index (χ1n) is 7.87. The van der Waals surface area contributed by atoms with Crippen LogP contribution >= 0.6 is 11.8 Å². The Morgan fingerprint density at radius 1 is 1.19 bits per heavy atom. The first-order valence-corrected chi connectivity index (χ1v) is 8.92. The quantitative estimate of drug-likeness (QED) is 0.726. The zero-order chi connectivity index (χ0) is 15.5. The Morgan fingerprint density at radius 3 is 2.52 bits per heavy atom. The van der Waals surface area contributed by atoms with E-state index in [0.717, 1.165) is 18.6 Å². The van der Waals surface area contributed by atoms with Crippen molar-refractivity contribution in [3.8, 4) is 0 Å². The molecule has 0 spiro atoms. The standard InChI is InChI=1S/C15H28O5S/c1-5-7-8-17-13-12-11(19-15(3,4)20-12)10(9-16)18-14(13)21-6-2/h10-14,16H,5-9H2,1-4H3/t10?,11-,12?,13-,14-/m0/s1. The highest BCUT2D eigenvalue weighted by atomic mass is 32.2. The summed E-state index contributed by atoms with van der Waals surface area (Å²) in [7, 11) is 0. The van der Waals surface area contributed by atoms with E-state index in [4.69, 9.17) is 18.9 Å². The fourth-order valence-electron chi connectivity index (χ4n) is 2.82.